The maximum absolute atomic E-state index is 5.84. The minimum atomic E-state index is 0.255. The number of rotatable bonds is 2. The average Bonchev–Trinajstić information content (AvgIpc) is 2.77. The first-order valence-corrected chi connectivity index (χ1v) is 5.14. The highest BCUT2D eigenvalue weighted by Gasteiger charge is 2.25. The summed E-state index contributed by atoms with van der Waals surface area (Å²) >= 11 is 5.84. The van der Waals surface area contributed by atoms with Crippen LogP contribution in [0.2, 0.25) is 5.02 Å². The van der Waals surface area contributed by atoms with Gasteiger partial charge in [-0.25, -0.2) is 4.68 Å². The molecule has 0 saturated carbocycles. The quantitative estimate of drug-likeness (QED) is 0.817. The van der Waals surface area contributed by atoms with Crippen LogP contribution in [-0.2, 0) is 4.74 Å². The van der Waals surface area contributed by atoms with E-state index in [2.05, 4.69) is 12.0 Å². The Hall–Kier alpha value is -0.740. The second-order valence-corrected chi connectivity index (χ2v) is 4.09. The molecule has 2 rings (SSSR count). The molecule has 1 aliphatic rings. The second-order valence-electron chi connectivity index (χ2n) is 3.69. The van der Waals surface area contributed by atoms with Crippen molar-refractivity contribution in [1.82, 2.24) is 9.78 Å². The van der Waals surface area contributed by atoms with E-state index in [0.717, 1.165) is 19.6 Å². The van der Waals surface area contributed by atoms with Crippen molar-refractivity contribution in [2.24, 2.45) is 5.92 Å². The Kier molecular flexibility index (Phi) is 2.65. The zero-order chi connectivity index (χ0) is 10.1. The Balaban J connectivity index is 2.17. The number of hydrogen-bond acceptors (Lipinski definition) is 3. The average molecular weight is 216 g/mol. The van der Waals surface area contributed by atoms with Gasteiger partial charge in [0.25, 0.3) is 0 Å². The molecule has 0 aromatic carbocycles. The monoisotopic (exact) mass is 215 g/mol. The highest BCUT2D eigenvalue weighted by atomic mass is 35.5. The van der Waals surface area contributed by atoms with Gasteiger partial charge in [0.2, 0.25) is 0 Å². The summed E-state index contributed by atoms with van der Waals surface area (Å²) in [6, 6.07) is 0.255. The van der Waals surface area contributed by atoms with Crippen LogP contribution in [0.1, 0.15) is 19.4 Å². The van der Waals surface area contributed by atoms with Crippen molar-refractivity contribution in [3.63, 3.8) is 0 Å². The molecule has 1 aliphatic heterocycles. The van der Waals surface area contributed by atoms with Gasteiger partial charge < -0.3 is 10.5 Å². The van der Waals surface area contributed by atoms with Gasteiger partial charge >= 0.3 is 0 Å². The van der Waals surface area contributed by atoms with Gasteiger partial charge in [-0.3, -0.25) is 0 Å². The number of ether oxygens (including phenoxy) is 1. The summed E-state index contributed by atoms with van der Waals surface area (Å²) in [6.45, 7) is 3.72. The molecule has 2 N–H and O–H groups in total. The molecular weight excluding hydrogens is 202 g/mol. The van der Waals surface area contributed by atoms with Gasteiger partial charge in [0.15, 0.2) is 0 Å². The van der Waals surface area contributed by atoms with E-state index in [-0.39, 0.29) is 6.04 Å². The normalized spacial score (nSPS) is 24.0. The molecule has 1 aromatic rings. The lowest BCUT2D eigenvalue weighted by Gasteiger charge is -2.19. The van der Waals surface area contributed by atoms with Crippen LogP contribution < -0.4 is 5.73 Å². The van der Waals surface area contributed by atoms with E-state index in [9.17, 15) is 0 Å². The fraction of sp³-hybridized carbons (Fsp3) is 0.667. The maximum atomic E-state index is 5.84. The molecule has 2 unspecified atom stereocenters. The van der Waals surface area contributed by atoms with E-state index in [1.54, 1.807) is 10.9 Å². The second kappa shape index (κ2) is 3.79. The van der Waals surface area contributed by atoms with Crippen molar-refractivity contribution in [3.05, 3.63) is 11.2 Å². The predicted molar refractivity (Wildman–Crippen MR) is 55.3 cm³/mol. The van der Waals surface area contributed by atoms with Crippen LogP contribution in [0.5, 0.6) is 0 Å². The molecule has 14 heavy (non-hydrogen) atoms. The topological polar surface area (TPSA) is 53.1 Å². The van der Waals surface area contributed by atoms with Crippen molar-refractivity contribution in [2.45, 2.75) is 19.4 Å². The molecule has 1 saturated heterocycles. The number of hydrogen-bond donors (Lipinski definition) is 1. The summed E-state index contributed by atoms with van der Waals surface area (Å²) in [5, 5.41) is 4.69. The van der Waals surface area contributed by atoms with Gasteiger partial charge in [0, 0.05) is 12.5 Å². The van der Waals surface area contributed by atoms with Crippen LogP contribution in [0, 0.1) is 5.92 Å². The fourth-order valence-corrected chi connectivity index (χ4v) is 1.94. The van der Waals surface area contributed by atoms with Crippen molar-refractivity contribution < 1.29 is 4.74 Å². The fourth-order valence-electron chi connectivity index (χ4n) is 1.81. The lowest BCUT2D eigenvalue weighted by molar-refractivity contribution is 0.173. The summed E-state index contributed by atoms with van der Waals surface area (Å²) in [5.74, 6) is 1.04. The lowest BCUT2D eigenvalue weighted by atomic mass is 10.0. The van der Waals surface area contributed by atoms with Crippen LogP contribution in [0.25, 0.3) is 0 Å². The Morgan fingerprint density at radius 2 is 2.57 bits per heavy atom. The van der Waals surface area contributed by atoms with E-state index in [1.165, 1.54) is 0 Å². The number of nitrogens with zero attached hydrogens (tertiary/aromatic N) is 2. The number of anilines is 1. The summed E-state index contributed by atoms with van der Waals surface area (Å²) in [4.78, 5) is 0. The van der Waals surface area contributed by atoms with Crippen LogP contribution in [-0.4, -0.2) is 23.0 Å². The highest BCUT2D eigenvalue weighted by Crippen LogP contribution is 2.29. The predicted octanol–water partition coefficient (Wildman–Crippen LogP) is 1.72. The Labute approximate surface area is 88.0 Å². The van der Waals surface area contributed by atoms with Gasteiger partial charge in [-0.1, -0.05) is 11.6 Å². The zero-order valence-corrected chi connectivity index (χ0v) is 8.87. The van der Waals surface area contributed by atoms with Crippen molar-refractivity contribution in [2.75, 3.05) is 18.9 Å². The highest BCUT2D eigenvalue weighted by molar-refractivity contribution is 6.32. The Bertz CT molecular complexity index is 320. The molecule has 0 spiro atoms. The SMILES string of the molecule is CC(C1CCOC1)n1ncc(Cl)c1N. The number of nitrogens with two attached hydrogens (primary N) is 1. The molecule has 0 bridgehead atoms. The summed E-state index contributed by atoms with van der Waals surface area (Å²) in [6.07, 6.45) is 2.65. The molecular formula is C9H14ClN3O. The standard InChI is InChI=1S/C9H14ClN3O/c1-6(7-2-3-14-5-7)13-9(11)8(10)4-12-13/h4,6-7H,2-3,5,11H2,1H3. The van der Waals surface area contributed by atoms with E-state index in [0.29, 0.717) is 16.8 Å². The first-order valence-electron chi connectivity index (χ1n) is 4.76. The molecule has 2 heterocycles. The van der Waals surface area contributed by atoms with Crippen molar-refractivity contribution in [1.29, 1.82) is 0 Å². The zero-order valence-electron chi connectivity index (χ0n) is 8.11. The van der Waals surface area contributed by atoms with E-state index in [4.69, 9.17) is 22.1 Å². The van der Waals surface area contributed by atoms with Gasteiger partial charge in [-0.05, 0) is 13.3 Å². The molecule has 0 amide bonds. The van der Waals surface area contributed by atoms with E-state index >= 15 is 0 Å². The summed E-state index contributed by atoms with van der Waals surface area (Å²) in [7, 11) is 0. The third-order valence-electron chi connectivity index (χ3n) is 2.82. The molecule has 5 heteroatoms. The van der Waals surface area contributed by atoms with Gasteiger partial charge in [-0.2, -0.15) is 5.10 Å². The lowest BCUT2D eigenvalue weighted by Crippen LogP contribution is -2.19. The van der Waals surface area contributed by atoms with E-state index in [1.807, 2.05) is 0 Å². The van der Waals surface area contributed by atoms with Crippen molar-refractivity contribution >= 4 is 17.4 Å². The van der Waals surface area contributed by atoms with Crippen LogP contribution in [0.3, 0.4) is 0 Å². The molecule has 0 aliphatic carbocycles. The molecule has 1 aromatic heterocycles. The molecule has 0 radical (unpaired) electrons. The Morgan fingerprint density at radius 1 is 1.79 bits per heavy atom. The van der Waals surface area contributed by atoms with Gasteiger partial charge in [0.05, 0.1) is 18.8 Å². The molecule has 1 fully saturated rings. The first kappa shape index (κ1) is 9.80. The number of halogens is 1. The first-order chi connectivity index (χ1) is 6.70. The largest absolute Gasteiger partial charge is 0.383 e. The number of nitrogen functional groups attached to an aromatic ring is 1. The molecule has 4 nitrogen and oxygen atoms in total. The Morgan fingerprint density at radius 3 is 3.07 bits per heavy atom. The minimum absolute atomic E-state index is 0.255. The minimum Gasteiger partial charge on any atom is -0.383 e. The third kappa shape index (κ3) is 1.60. The molecule has 2 atom stereocenters. The van der Waals surface area contributed by atoms with Gasteiger partial charge in [-0.15, -0.1) is 0 Å². The van der Waals surface area contributed by atoms with Crippen LogP contribution >= 0.6 is 11.6 Å². The number of aromatic nitrogens is 2. The smallest absolute Gasteiger partial charge is 0.140 e. The third-order valence-corrected chi connectivity index (χ3v) is 3.11. The van der Waals surface area contributed by atoms with Crippen molar-refractivity contribution in [3.8, 4) is 0 Å². The van der Waals surface area contributed by atoms with Gasteiger partial charge in [0.1, 0.15) is 10.8 Å². The van der Waals surface area contributed by atoms with E-state index < -0.39 is 0 Å². The summed E-state index contributed by atoms with van der Waals surface area (Å²) in [5.41, 5.74) is 5.80. The molecule has 78 valence electrons. The van der Waals surface area contributed by atoms with Crippen LogP contribution in [0.4, 0.5) is 5.82 Å². The van der Waals surface area contributed by atoms with Crippen LogP contribution in [0.15, 0.2) is 6.20 Å². The maximum Gasteiger partial charge on any atom is 0.140 e. The summed E-state index contributed by atoms with van der Waals surface area (Å²) < 4.78 is 7.11.